The van der Waals surface area contributed by atoms with Crippen LogP contribution in [0.5, 0.6) is 0 Å². The number of rotatable bonds is 5. The number of para-hydroxylation sites is 1. The van der Waals surface area contributed by atoms with Crippen LogP contribution in [0.4, 0.5) is 11.4 Å². The molecule has 4 aromatic rings. The Morgan fingerprint density at radius 2 is 1.67 bits per heavy atom. The summed E-state index contributed by atoms with van der Waals surface area (Å²) in [7, 11) is -2.33. The largest absolute Gasteiger partial charge is 0.341 e. The van der Waals surface area contributed by atoms with Crippen molar-refractivity contribution in [1.82, 2.24) is 9.24 Å². The van der Waals surface area contributed by atoms with Crippen LogP contribution in [-0.4, -0.2) is 32.4 Å². The van der Waals surface area contributed by atoms with Crippen LogP contribution in [0.2, 0.25) is 0 Å². The molecule has 1 saturated heterocycles. The van der Waals surface area contributed by atoms with E-state index in [1.54, 1.807) is 12.1 Å². The van der Waals surface area contributed by atoms with Crippen LogP contribution in [0.3, 0.4) is 0 Å². The van der Waals surface area contributed by atoms with Crippen LogP contribution >= 0.6 is 7.21 Å². The maximum Gasteiger partial charge on any atom is 0.271 e. The van der Waals surface area contributed by atoms with E-state index in [0.29, 0.717) is 0 Å². The molecular formula is C29H35N4O2P. The fraction of sp³-hybridized carbons (Fsp3) is 0.379. The second-order valence-electron chi connectivity index (χ2n) is 10.7. The molecule has 188 valence electrons. The zero-order chi connectivity index (χ0) is 25.7. The van der Waals surface area contributed by atoms with Gasteiger partial charge in [-0.1, -0.05) is 45.0 Å². The van der Waals surface area contributed by atoms with E-state index >= 15 is 0 Å². The lowest BCUT2D eigenvalue weighted by atomic mass is 10.1. The van der Waals surface area contributed by atoms with Crippen molar-refractivity contribution in [2.45, 2.75) is 59.2 Å². The first kappa shape index (κ1) is 24.7. The van der Waals surface area contributed by atoms with Crippen LogP contribution in [-0.2, 0) is 6.54 Å². The lowest BCUT2D eigenvalue weighted by Crippen LogP contribution is -2.35. The third-order valence-corrected chi connectivity index (χ3v) is 12.1. The van der Waals surface area contributed by atoms with Crippen molar-refractivity contribution in [3.05, 3.63) is 76.3 Å². The van der Waals surface area contributed by atoms with E-state index in [1.807, 2.05) is 13.0 Å². The van der Waals surface area contributed by atoms with E-state index in [-0.39, 0.29) is 15.8 Å². The summed E-state index contributed by atoms with van der Waals surface area (Å²) < 4.78 is 10.6. The van der Waals surface area contributed by atoms with Gasteiger partial charge in [-0.15, -0.1) is 0 Å². The van der Waals surface area contributed by atoms with Crippen molar-refractivity contribution in [3.63, 3.8) is 0 Å². The molecule has 0 bridgehead atoms. The Kier molecular flexibility index (Phi) is 6.30. The molecule has 36 heavy (non-hydrogen) atoms. The molecule has 1 aliphatic rings. The first-order valence-corrected chi connectivity index (χ1v) is 14.5. The van der Waals surface area contributed by atoms with Crippen LogP contribution in [0.25, 0.3) is 21.8 Å². The van der Waals surface area contributed by atoms with Crippen molar-refractivity contribution in [1.29, 1.82) is 0 Å². The van der Waals surface area contributed by atoms with Crippen LogP contribution < -0.4 is 5.30 Å². The normalized spacial score (nSPS) is 16.5. The molecule has 0 amide bonds. The molecule has 0 unspecified atom stereocenters. The molecule has 7 heteroatoms. The van der Waals surface area contributed by atoms with E-state index in [2.05, 4.69) is 79.4 Å². The molecule has 0 spiro atoms. The number of hydrogen-bond donors (Lipinski definition) is 0. The molecule has 0 saturated carbocycles. The highest BCUT2D eigenvalue weighted by Crippen LogP contribution is 2.65. The Balaban J connectivity index is 1.88. The van der Waals surface area contributed by atoms with Crippen LogP contribution in [0.1, 0.15) is 46.1 Å². The molecule has 3 aromatic carbocycles. The molecule has 1 atom stereocenters. The van der Waals surface area contributed by atoms with Gasteiger partial charge in [0.15, 0.2) is 0 Å². The SMILES string of the molecule is CCn1c2ccccc2c2cc([P@@](=Nc3cc([N+](=O)[O-])ccc3C)(N3CCCC3)C(C)(C)C)ccc21. The Bertz CT molecular complexity index is 1520. The molecule has 1 aromatic heterocycles. The molecule has 1 fully saturated rings. The number of nitro groups is 1. The molecule has 2 heterocycles. The predicted octanol–water partition coefficient (Wildman–Crippen LogP) is 8.00. The summed E-state index contributed by atoms with van der Waals surface area (Å²) in [4.78, 5) is 11.3. The number of nitro benzene ring substituents is 1. The molecule has 0 aliphatic carbocycles. The van der Waals surface area contributed by atoms with Crippen LogP contribution in [0.15, 0.2) is 65.4 Å². The summed E-state index contributed by atoms with van der Waals surface area (Å²) in [6.07, 6.45) is 2.30. The minimum absolute atomic E-state index is 0.0919. The van der Waals surface area contributed by atoms with Crippen molar-refractivity contribution in [2.75, 3.05) is 13.1 Å². The minimum atomic E-state index is -2.33. The number of aryl methyl sites for hydroxylation is 2. The maximum absolute atomic E-state index is 11.6. The second kappa shape index (κ2) is 9.17. The zero-order valence-electron chi connectivity index (χ0n) is 21.9. The number of hydrogen-bond acceptors (Lipinski definition) is 3. The predicted molar refractivity (Wildman–Crippen MR) is 152 cm³/mol. The van der Waals surface area contributed by atoms with Gasteiger partial charge in [0.2, 0.25) is 0 Å². The van der Waals surface area contributed by atoms with Gasteiger partial charge in [0.05, 0.1) is 17.8 Å². The first-order valence-electron chi connectivity index (χ1n) is 12.8. The fourth-order valence-electron chi connectivity index (χ4n) is 5.79. The topological polar surface area (TPSA) is 63.7 Å². The van der Waals surface area contributed by atoms with Gasteiger partial charge >= 0.3 is 0 Å². The molecule has 0 radical (unpaired) electrons. The van der Waals surface area contributed by atoms with E-state index < -0.39 is 7.21 Å². The molecule has 6 nitrogen and oxygen atoms in total. The third-order valence-electron chi connectivity index (χ3n) is 7.52. The standard InChI is InChI=1S/C29H35N4O2P/c1-6-32-27-12-8-7-11-24(27)25-20-23(15-16-28(25)32)36(29(3,4)5,31-17-9-10-18-31)30-26-19-22(33(34)35)14-13-21(26)2/h7-8,11-16,19-20H,6,9-10,17-18H2,1-5H3/t36-/m1/s1. The highest BCUT2D eigenvalue weighted by atomic mass is 31.2. The Labute approximate surface area is 213 Å². The summed E-state index contributed by atoms with van der Waals surface area (Å²) >= 11 is 0. The summed E-state index contributed by atoms with van der Waals surface area (Å²) in [5.74, 6) is 0. The van der Waals surface area contributed by atoms with Gasteiger partial charge in [-0.25, -0.2) is 4.74 Å². The molecule has 0 N–H and O–H groups in total. The van der Waals surface area contributed by atoms with Gasteiger partial charge in [0.1, 0.15) is 0 Å². The molecule has 1 aliphatic heterocycles. The van der Waals surface area contributed by atoms with E-state index in [9.17, 15) is 10.1 Å². The van der Waals surface area contributed by atoms with Crippen molar-refractivity contribution >= 4 is 45.7 Å². The number of nitrogens with zero attached hydrogens (tertiary/aromatic N) is 4. The molecular weight excluding hydrogens is 467 g/mol. The van der Waals surface area contributed by atoms with Crippen LogP contribution in [0, 0.1) is 17.0 Å². The average molecular weight is 503 g/mol. The number of benzene rings is 3. The highest BCUT2D eigenvalue weighted by Gasteiger charge is 2.42. The average Bonchev–Trinajstić information content (AvgIpc) is 3.49. The number of non-ortho nitro benzene ring substituents is 1. The maximum atomic E-state index is 11.6. The second-order valence-corrected chi connectivity index (χ2v) is 14.5. The number of fused-ring (bicyclic) bond motifs is 3. The minimum Gasteiger partial charge on any atom is -0.341 e. The lowest BCUT2D eigenvalue weighted by molar-refractivity contribution is -0.384. The van der Waals surface area contributed by atoms with Crippen molar-refractivity contribution in [3.8, 4) is 0 Å². The summed E-state index contributed by atoms with van der Waals surface area (Å²) in [6, 6.07) is 20.6. The highest BCUT2D eigenvalue weighted by molar-refractivity contribution is 7.73. The number of aromatic nitrogens is 1. The third kappa shape index (κ3) is 3.88. The van der Waals surface area contributed by atoms with E-state index in [1.165, 1.54) is 27.1 Å². The fourth-order valence-corrected chi connectivity index (χ4v) is 10.3. The van der Waals surface area contributed by atoms with Gasteiger partial charge in [0.25, 0.3) is 5.69 Å². The van der Waals surface area contributed by atoms with Gasteiger partial charge in [-0.2, -0.15) is 0 Å². The van der Waals surface area contributed by atoms with Gasteiger partial charge in [-0.05, 0) is 56.5 Å². The Hall–Kier alpha value is -2.95. The zero-order valence-corrected chi connectivity index (χ0v) is 22.8. The Morgan fingerprint density at radius 1 is 0.972 bits per heavy atom. The lowest BCUT2D eigenvalue weighted by Gasteiger charge is -2.44. The van der Waals surface area contributed by atoms with Gasteiger partial charge < -0.3 is 4.57 Å². The smallest absolute Gasteiger partial charge is 0.271 e. The van der Waals surface area contributed by atoms with Gasteiger partial charge in [-0.3, -0.25) is 14.8 Å². The van der Waals surface area contributed by atoms with Gasteiger partial charge in [0, 0.05) is 64.0 Å². The monoisotopic (exact) mass is 502 g/mol. The van der Waals surface area contributed by atoms with Crippen molar-refractivity contribution < 1.29 is 4.92 Å². The Morgan fingerprint density at radius 3 is 2.33 bits per heavy atom. The summed E-state index contributed by atoms with van der Waals surface area (Å²) in [6.45, 7) is 14.0. The van der Waals surface area contributed by atoms with E-state index in [0.717, 1.165) is 43.7 Å². The quantitative estimate of drug-likeness (QED) is 0.158. The summed E-state index contributed by atoms with van der Waals surface area (Å²) in [5.41, 5.74) is 4.28. The summed E-state index contributed by atoms with van der Waals surface area (Å²) in [5, 5.41) is 15.2. The van der Waals surface area contributed by atoms with E-state index in [4.69, 9.17) is 4.74 Å². The first-order chi connectivity index (χ1) is 17.2. The molecule has 5 rings (SSSR count). The van der Waals surface area contributed by atoms with Crippen molar-refractivity contribution in [2.24, 2.45) is 4.74 Å².